The summed E-state index contributed by atoms with van der Waals surface area (Å²) in [5, 5.41) is 16.1. The van der Waals surface area contributed by atoms with Crippen LogP contribution in [0.5, 0.6) is 0 Å². The number of nitrogens with zero attached hydrogens (tertiary/aromatic N) is 3. The number of amidine groups is 1. The van der Waals surface area contributed by atoms with Crippen molar-refractivity contribution in [1.29, 1.82) is 5.41 Å². The van der Waals surface area contributed by atoms with Crippen LogP contribution in [0, 0.1) is 5.41 Å². The summed E-state index contributed by atoms with van der Waals surface area (Å²) < 4.78 is 0. The van der Waals surface area contributed by atoms with Crippen LogP contribution < -0.4 is 10.6 Å². The first-order valence-electron chi connectivity index (χ1n) is 5.70. The normalized spacial score (nSPS) is 10.2. The van der Waals surface area contributed by atoms with Gasteiger partial charge in [0.15, 0.2) is 5.82 Å². The SMILES string of the molecule is CN(Cc1ccccc1Cl)c1nnccc1C(=N)N. The van der Waals surface area contributed by atoms with E-state index in [1.165, 1.54) is 6.20 Å². The second-order valence-electron chi connectivity index (χ2n) is 4.13. The average molecular weight is 276 g/mol. The Morgan fingerprint density at radius 3 is 2.79 bits per heavy atom. The maximum Gasteiger partial charge on any atom is 0.162 e. The summed E-state index contributed by atoms with van der Waals surface area (Å²) >= 11 is 6.13. The minimum Gasteiger partial charge on any atom is -0.384 e. The van der Waals surface area contributed by atoms with Gasteiger partial charge >= 0.3 is 0 Å². The van der Waals surface area contributed by atoms with Gasteiger partial charge in [-0.1, -0.05) is 29.8 Å². The molecule has 0 aliphatic carbocycles. The number of nitrogen functional groups attached to an aromatic ring is 1. The molecule has 0 atom stereocenters. The third-order valence-corrected chi connectivity index (χ3v) is 3.09. The number of hydrogen-bond acceptors (Lipinski definition) is 4. The standard InChI is InChI=1S/C13H14ClN5/c1-19(8-9-4-2-3-5-11(9)14)13-10(12(15)16)6-7-17-18-13/h2-7H,8H2,1H3,(H3,15,16). The topological polar surface area (TPSA) is 78.9 Å². The van der Waals surface area contributed by atoms with Crippen molar-refractivity contribution in [3.63, 3.8) is 0 Å². The fraction of sp³-hybridized carbons (Fsp3) is 0.154. The van der Waals surface area contributed by atoms with Crippen LogP contribution in [0.15, 0.2) is 36.5 Å². The molecule has 6 heteroatoms. The second kappa shape index (κ2) is 5.67. The lowest BCUT2D eigenvalue weighted by Crippen LogP contribution is -2.23. The zero-order valence-corrected chi connectivity index (χ0v) is 11.2. The van der Waals surface area contributed by atoms with Crippen LogP contribution in [0.3, 0.4) is 0 Å². The van der Waals surface area contributed by atoms with Gasteiger partial charge in [-0.15, -0.1) is 5.10 Å². The molecule has 0 radical (unpaired) electrons. The summed E-state index contributed by atoms with van der Waals surface area (Å²) in [7, 11) is 1.86. The number of anilines is 1. The van der Waals surface area contributed by atoms with Crippen molar-refractivity contribution >= 4 is 23.3 Å². The quantitative estimate of drug-likeness (QED) is 0.661. The van der Waals surface area contributed by atoms with Gasteiger partial charge in [-0.3, -0.25) is 5.41 Å². The molecule has 19 heavy (non-hydrogen) atoms. The summed E-state index contributed by atoms with van der Waals surface area (Å²) in [6.07, 6.45) is 1.52. The Bertz CT molecular complexity index is 599. The molecule has 0 spiro atoms. The number of nitrogens with one attached hydrogen (secondary N) is 1. The molecule has 1 heterocycles. The summed E-state index contributed by atoms with van der Waals surface area (Å²) in [4.78, 5) is 1.87. The zero-order valence-electron chi connectivity index (χ0n) is 10.5. The van der Waals surface area contributed by atoms with Gasteiger partial charge in [-0.25, -0.2) is 0 Å². The molecule has 0 aliphatic rings. The van der Waals surface area contributed by atoms with Crippen molar-refractivity contribution in [2.75, 3.05) is 11.9 Å². The number of halogens is 1. The van der Waals surface area contributed by atoms with E-state index in [0.717, 1.165) is 5.56 Å². The minimum atomic E-state index is -0.0316. The third kappa shape index (κ3) is 3.00. The minimum absolute atomic E-state index is 0.0316. The van der Waals surface area contributed by atoms with E-state index in [1.54, 1.807) is 6.07 Å². The van der Waals surface area contributed by atoms with E-state index in [9.17, 15) is 0 Å². The molecule has 0 bridgehead atoms. The van der Waals surface area contributed by atoms with Crippen LogP contribution in [0.25, 0.3) is 0 Å². The maximum atomic E-state index is 7.55. The first-order valence-corrected chi connectivity index (χ1v) is 6.08. The van der Waals surface area contributed by atoms with Crippen molar-refractivity contribution in [2.24, 2.45) is 5.73 Å². The Morgan fingerprint density at radius 1 is 1.37 bits per heavy atom. The van der Waals surface area contributed by atoms with Crippen molar-refractivity contribution in [2.45, 2.75) is 6.54 Å². The van der Waals surface area contributed by atoms with Gasteiger partial charge < -0.3 is 10.6 Å². The number of benzene rings is 1. The Balaban J connectivity index is 2.28. The molecule has 2 aromatic rings. The fourth-order valence-electron chi connectivity index (χ4n) is 1.77. The van der Waals surface area contributed by atoms with Gasteiger partial charge in [0.2, 0.25) is 0 Å². The number of rotatable bonds is 4. The van der Waals surface area contributed by atoms with Gasteiger partial charge in [0.25, 0.3) is 0 Å². The van der Waals surface area contributed by atoms with E-state index >= 15 is 0 Å². The predicted octanol–water partition coefficient (Wildman–Crippen LogP) is 2.05. The summed E-state index contributed by atoms with van der Waals surface area (Å²) in [5.41, 5.74) is 7.08. The molecule has 98 valence electrons. The molecular formula is C13H14ClN5. The fourth-order valence-corrected chi connectivity index (χ4v) is 1.97. The highest BCUT2D eigenvalue weighted by molar-refractivity contribution is 6.31. The lowest BCUT2D eigenvalue weighted by Gasteiger charge is -2.20. The predicted molar refractivity (Wildman–Crippen MR) is 76.6 cm³/mol. The van der Waals surface area contributed by atoms with Crippen molar-refractivity contribution in [1.82, 2.24) is 10.2 Å². The van der Waals surface area contributed by atoms with E-state index in [2.05, 4.69) is 10.2 Å². The first kappa shape index (κ1) is 13.3. The molecule has 0 saturated carbocycles. The summed E-state index contributed by atoms with van der Waals surface area (Å²) in [5.74, 6) is 0.533. The number of nitrogens with two attached hydrogens (primary N) is 1. The lowest BCUT2D eigenvalue weighted by molar-refractivity contribution is 0.863. The molecule has 3 N–H and O–H groups in total. The first-order chi connectivity index (χ1) is 9.09. The molecule has 1 aromatic carbocycles. The Hall–Kier alpha value is -2.14. The highest BCUT2D eigenvalue weighted by Crippen LogP contribution is 2.21. The third-order valence-electron chi connectivity index (χ3n) is 2.72. The monoisotopic (exact) mass is 275 g/mol. The van der Waals surface area contributed by atoms with Crippen LogP contribution in [0.2, 0.25) is 5.02 Å². The van der Waals surface area contributed by atoms with E-state index in [0.29, 0.717) is 22.9 Å². The van der Waals surface area contributed by atoms with Gasteiger partial charge in [0.05, 0.1) is 11.8 Å². The second-order valence-corrected chi connectivity index (χ2v) is 4.54. The highest BCUT2D eigenvalue weighted by Gasteiger charge is 2.13. The van der Waals surface area contributed by atoms with Gasteiger partial charge in [-0.05, 0) is 17.7 Å². The van der Waals surface area contributed by atoms with Gasteiger partial charge in [0, 0.05) is 18.6 Å². The van der Waals surface area contributed by atoms with Crippen molar-refractivity contribution in [3.05, 3.63) is 52.7 Å². The molecule has 2 rings (SSSR count). The van der Waals surface area contributed by atoms with Crippen molar-refractivity contribution in [3.8, 4) is 0 Å². The molecule has 5 nitrogen and oxygen atoms in total. The summed E-state index contributed by atoms with van der Waals surface area (Å²) in [6.45, 7) is 0.568. The van der Waals surface area contributed by atoms with Crippen molar-refractivity contribution < 1.29 is 0 Å². The van der Waals surface area contributed by atoms with Crippen LogP contribution >= 0.6 is 11.6 Å². The van der Waals surface area contributed by atoms with Crippen LogP contribution in [0.4, 0.5) is 5.82 Å². The Kier molecular flexibility index (Phi) is 3.97. The lowest BCUT2D eigenvalue weighted by atomic mass is 10.2. The van der Waals surface area contributed by atoms with E-state index < -0.39 is 0 Å². The largest absolute Gasteiger partial charge is 0.384 e. The maximum absolute atomic E-state index is 7.55. The Labute approximate surface area is 116 Å². The molecule has 0 aliphatic heterocycles. The number of aromatic nitrogens is 2. The molecule has 0 unspecified atom stereocenters. The highest BCUT2D eigenvalue weighted by atomic mass is 35.5. The van der Waals surface area contributed by atoms with E-state index in [1.807, 2.05) is 36.2 Å². The molecule has 1 aromatic heterocycles. The number of hydrogen-bond donors (Lipinski definition) is 2. The van der Waals surface area contributed by atoms with Gasteiger partial charge in [0.1, 0.15) is 5.84 Å². The van der Waals surface area contributed by atoms with Crippen LogP contribution in [0.1, 0.15) is 11.1 Å². The molecule has 0 saturated heterocycles. The Morgan fingerprint density at radius 2 is 2.11 bits per heavy atom. The van der Waals surface area contributed by atoms with Crippen LogP contribution in [-0.4, -0.2) is 23.1 Å². The van der Waals surface area contributed by atoms with Gasteiger partial charge in [-0.2, -0.15) is 5.10 Å². The smallest absolute Gasteiger partial charge is 0.162 e. The zero-order chi connectivity index (χ0) is 13.8. The van der Waals surface area contributed by atoms with Crippen LogP contribution in [-0.2, 0) is 6.54 Å². The molecule has 0 fully saturated rings. The summed E-state index contributed by atoms with van der Waals surface area (Å²) in [6, 6.07) is 9.27. The van der Waals surface area contributed by atoms with E-state index in [-0.39, 0.29) is 5.84 Å². The average Bonchev–Trinajstić information content (AvgIpc) is 2.41. The van der Waals surface area contributed by atoms with E-state index in [4.69, 9.17) is 22.7 Å². The molecule has 0 amide bonds. The molecular weight excluding hydrogens is 262 g/mol.